The van der Waals surface area contributed by atoms with E-state index in [9.17, 15) is 0 Å². The molecule has 1 nitrogen and oxygen atoms in total. The Kier molecular flexibility index (Phi) is 13.0. The molecule has 2 heteroatoms. The number of rotatable bonds is 9. The second kappa shape index (κ2) is 10.9. The third-order valence-corrected chi connectivity index (χ3v) is 2.95. The van der Waals surface area contributed by atoms with Crippen molar-refractivity contribution in [2.24, 2.45) is 0 Å². The third kappa shape index (κ3) is 12.4. The molecule has 0 N–H and O–H groups in total. The Morgan fingerprint density at radius 1 is 0.667 bits per heavy atom. The molecule has 0 aliphatic heterocycles. The van der Waals surface area contributed by atoms with Crippen LogP contribution in [0.5, 0.6) is 0 Å². The van der Waals surface area contributed by atoms with Crippen LogP contribution in [0.1, 0.15) is 58.8 Å². The predicted molar refractivity (Wildman–Crippen MR) is 65.5 cm³/mol. The van der Waals surface area contributed by atoms with Gasteiger partial charge in [0.05, 0.1) is 27.2 Å². The van der Waals surface area contributed by atoms with Gasteiger partial charge < -0.3 is 21.5 Å². The topological polar surface area (TPSA) is 0 Å². The van der Waals surface area contributed by atoms with Gasteiger partial charge in [0, 0.05) is 0 Å². The van der Waals surface area contributed by atoms with E-state index in [1.54, 1.807) is 0 Å². The lowest BCUT2D eigenvalue weighted by Crippen LogP contribution is -3.00. The van der Waals surface area contributed by atoms with Gasteiger partial charge in [0.15, 0.2) is 0 Å². The molecule has 0 heterocycles. The molecule has 0 rings (SSSR count). The average Bonchev–Trinajstić information content (AvgIpc) is 2.11. The molecule has 0 bridgehead atoms. The number of hydrogen-bond acceptors (Lipinski definition) is 0. The quantitative estimate of drug-likeness (QED) is 0.434. The molecule has 0 aliphatic rings. The molecule has 0 aromatic rings. The van der Waals surface area contributed by atoms with Gasteiger partial charge in [-0.25, -0.2) is 0 Å². The van der Waals surface area contributed by atoms with Crippen LogP contribution >= 0.6 is 0 Å². The third-order valence-electron chi connectivity index (χ3n) is 2.95. The van der Waals surface area contributed by atoms with Crippen LogP contribution in [-0.2, 0) is 0 Å². The van der Waals surface area contributed by atoms with Gasteiger partial charge in [0.2, 0.25) is 0 Å². The van der Waals surface area contributed by atoms with E-state index in [0.29, 0.717) is 0 Å². The van der Waals surface area contributed by atoms with Gasteiger partial charge >= 0.3 is 0 Å². The lowest BCUT2D eigenvalue weighted by Gasteiger charge is -2.29. The summed E-state index contributed by atoms with van der Waals surface area (Å²) in [7, 11) is 4.71. The van der Waals surface area contributed by atoms with Gasteiger partial charge in [-0.05, 0) is 19.3 Å². The molecule has 0 amide bonds. The molecule has 0 aromatic carbocycles. The number of unbranched alkanes of at least 4 members (excludes halogenated alkanes) is 5. The maximum atomic E-state index is 2.36. The Bertz CT molecular complexity index is 124. The van der Waals surface area contributed by atoms with Crippen molar-refractivity contribution in [2.75, 3.05) is 27.2 Å². The number of hydrogen-bond donors (Lipinski definition) is 0. The van der Waals surface area contributed by atoms with Gasteiger partial charge in [-0.1, -0.05) is 39.5 Å². The van der Waals surface area contributed by atoms with Crippen molar-refractivity contribution in [2.45, 2.75) is 58.8 Å². The van der Waals surface area contributed by atoms with Gasteiger partial charge in [-0.3, -0.25) is 0 Å². The first-order valence-corrected chi connectivity index (χ1v) is 6.44. The largest absolute Gasteiger partial charge is 1.00 e. The standard InChI is InChI=1S/C13H30N.BrH/c1-5-7-8-9-10-11-13-14(3,4)12-6-2;/h5-13H2,1-4H3;1H/q+1;/p-1. The first-order valence-electron chi connectivity index (χ1n) is 6.44. The van der Waals surface area contributed by atoms with Crippen molar-refractivity contribution in [1.82, 2.24) is 0 Å². The van der Waals surface area contributed by atoms with Crippen LogP contribution in [0.15, 0.2) is 0 Å². The molecule has 0 aromatic heterocycles. The maximum Gasteiger partial charge on any atom is 0.0782 e. The Hall–Kier alpha value is 0.440. The highest BCUT2D eigenvalue weighted by Gasteiger charge is 2.11. The van der Waals surface area contributed by atoms with Crippen molar-refractivity contribution in [1.29, 1.82) is 0 Å². The fraction of sp³-hybridized carbons (Fsp3) is 1.00. The summed E-state index contributed by atoms with van der Waals surface area (Å²) in [6.45, 7) is 7.25. The Morgan fingerprint density at radius 2 is 1.20 bits per heavy atom. The van der Waals surface area contributed by atoms with Crippen molar-refractivity contribution in [3.05, 3.63) is 0 Å². The van der Waals surface area contributed by atoms with Crippen LogP contribution in [0.3, 0.4) is 0 Å². The minimum absolute atomic E-state index is 0. The van der Waals surface area contributed by atoms with E-state index in [1.165, 1.54) is 62.5 Å². The van der Waals surface area contributed by atoms with E-state index in [2.05, 4.69) is 27.9 Å². The molecule has 0 saturated carbocycles. The zero-order chi connectivity index (χ0) is 10.9. The summed E-state index contributed by atoms with van der Waals surface area (Å²) in [6, 6.07) is 0. The zero-order valence-corrected chi connectivity index (χ0v) is 12.8. The molecule has 0 spiro atoms. The minimum Gasteiger partial charge on any atom is -1.00 e. The van der Waals surface area contributed by atoms with E-state index in [-0.39, 0.29) is 17.0 Å². The molecule has 94 valence electrons. The van der Waals surface area contributed by atoms with E-state index >= 15 is 0 Å². The SMILES string of the molecule is CCCCCCCC[N+](C)(C)CCC.[Br-]. The van der Waals surface area contributed by atoms with Crippen molar-refractivity contribution in [3.8, 4) is 0 Å². The molecule has 15 heavy (non-hydrogen) atoms. The van der Waals surface area contributed by atoms with Crippen LogP contribution in [-0.4, -0.2) is 31.7 Å². The van der Waals surface area contributed by atoms with Crippen molar-refractivity contribution >= 4 is 0 Å². The molecule has 0 atom stereocenters. The Morgan fingerprint density at radius 3 is 1.73 bits per heavy atom. The predicted octanol–water partition coefficient (Wildman–Crippen LogP) is 0.837. The summed E-state index contributed by atoms with van der Waals surface area (Å²) in [5, 5.41) is 0. The van der Waals surface area contributed by atoms with E-state index in [1.807, 2.05) is 0 Å². The molecule has 0 aliphatic carbocycles. The van der Waals surface area contributed by atoms with Crippen LogP contribution in [0.25, 0.3) is 0 Å². The summed E-state index contributed by atoms with van der Waals surface area (Å²) in [4.78, 5) is 0. The Balaban J connectivity index is 0. The van der Waals surface area contributed by atoms with Crippen LogP contribution in [0.2, 0.25) is 0 Å². The summed E-state index contributed by atoms with van der Waals surface area (Å²) >= 11 is 0. The van der Waals surface area contributed by atoms with Crippen LogP contribution < -0.4 is 17.0 Å². The first kappa shape index (κ1) is 17.8. The van der Waals surface area contributed by atoms with Crippen molar-refractivity contribution < 1.29 is 21.5 Å². The van der Waals surface area contributed by atoms with Gasteiger partial charge in [-0.2, -0.15) is 0 Å². The Labute approximate surface area is 108 Å². The van der Waals surface area contributed by atoms with E-state index in [0.717, 1.165) is 0 Å². The summed E-state index contributed by atoms with van der Waals surface area (Å²) in [5.41, 5.74) is 0. The average molecular weight is 280 g/mol. The highest BCUT2D eigenvalue weighted by atomic mass is 79.9. The monoisotopic (exact) mass is 279 g/mol. The highest BCUT2D eigenvalue weighted by Crippen LogP contribution is 2.08. The van der Waals surface area contributed by atoms with Crippen LogP contribution in [0, 0.1) is 0 Å². The van der Waals surface area contributed by atoms with E-state index in [4.69, 9.17) is 0 Å². The molecule has 0 radical (unpaired) electrons. The normalized spacial score (nSPS) is 11.2. The maximum absolute atomic E-state index is 2.36. The molecular formula is C13H30BrN. The smallest absolute Gasteiger partial charge is 0.0782 e. The zero-order valence-electron chi connectivity index (χ0n) is 11.2. The second-order valence-electron chi connectivity index (χ2n) is 5.15. The molecule has 0 unspecified atom stereocenters. The van der Waals surface area contributed by atoms with Crippen molar-refractivity contribution in [3.63, 3.8) is 0 Å². The highest BCUT2D eigenvalue weighted by molar-refractivity contribution is 4.44. The van der Waals surface area contributed by atoms with Gasteiger partial charge in [0.1, 0.15) is 0 Å². The number of halogens is 1. The van der Waals surface area contributed by atoms with Crippen LogP contribution in [0.4, 0.5) is 0 Å². The molecule has 0 fully saturated rings. The first-order chi connectivity index (χ1) is 6.62. The fourth-order valence-electron chi connectivity index (χ4n) is 2.04. The molecular weight excluding hydrogens is 250 g/mol. The van der Waals surface area contributed by atoms with E-state index < -0.39 is 0 Å². The lowest BCUT2D eigenvalue weighted by atomic mass is 10.1. The second-order valence-corrected chi connectivity index (χ2v) is 5.15. The molecule has 0 saturated heterocycles. The lowest BCUT2D eigenvalue weighted by molar-refractivity contribution is -0.890. The summed E-state index contributed by atoms with van der Waals surface area (Å²) in [5.74, 6) is 0. The number of quaternary nitrogens is 1. The number of nitrogens with zero attached hydrogens (tertiary/aromatic N) is 1. The summed E-state index contributed by atoms with van der Waals surface area (Å²) in [6.07, 6.45) is 9.83. The summed E-state index contributed by atoms with van der Waals surface area (Å²) < 4.78 is 1.21. The van der Waals surface area contributed by atoms with Gasteiger partial charge in [-0.15, -0.1) is 0 Å². The minimum atomic E-state index is 0. The fourth-order valence-corrected chi connectivity index (χ4v) is 2.04. The van der Waals surface area contributed by atoms with Gasteiger partial charge in [0.25, 0.3) is 0 Å².